The van der Waals surface area contributed by atoms with Gasteiger partial charge in [-0.1, -0.05) is 18.2 Å². The summed E-state index contributed by atoms with van der Waals surface area (Å²) in [5, 5.41) is 16.0. The number of benzene rings is 1. The number of guanidine groups is 1. The molecule has 5 nitrogen and oxygen atoms in total. The third kappa shape index (κ3) is 7.32. The Labute approximate surface area is 154 Å². The third-order valence-corrected chi connectivity index (χ3v) is 3.07. The van der Waals surface area contributed by atoms with Gasteiger partial charge in [0.25, 0.3) is 0 Å². The quantitative estimate of drug-likeness (QED) is 0.378. The summed E-state index contributed by atoms with van der Waals surface area (Å²) in [7, 11) is 0. The lowest BCUT2D eigenvalue weighted by molar-refractivity contribution is 0.474. The lowest BCUT2D eigenvalue weighted by atomic mass is 10.2. The predicted octanol–water partition coefficient (Wildman–Crippen LogP) is 2.70. The Hall–Kier alpha value is -1.83. The van der Waals surface area contributed by atoms with Crippen molar-refractivity contribution in [1.29, 1.82) is 0 Å². The molecule has 2 rings (SSSR count). The molecule has 0 fully saturated rings. The van der Waals surface area contributed by atoms with Crippen molar-refractivity contribution in [3.05, 3.63) is 59.9 Å². The van der Waals surface area contributed by atoms with Crippen LogP contribution in [0.1, 0.15) is 18.2 Å². The smallest absolute Gasteiger partial charge is 0.191 e. The summed E-state index contributed by atoms with van der Waals surface area (Å²) < 4.78 is 0. The molecule has 6 heteroatoms. The van der Waals surface area contributed by atoms with Crippen molar-refractivity contribution in [2.75, 3.05) is 13.1 Å². The van der Waals surface area contributed by atoms with Crippen LogP contribution in [0, 0.1) is 0 Å². The minimum absolute atomic E-state index is 0. The number of hydrogen-bond donors (Lipinski definition) is 3. The number of rotatable bonds is 6. The first-order chi connectivity index (χ1) is 10.8. The molecule has 0 unspecified atom stereocenters. The summed E-state index contributed by atoms with van der Waals surface area (Å²) in [6, 6.07) is 13.1. The van der Waals surface area contributed by atoms with Gasteiger partial charge in [0, 0.05) is 31.4 Å². The lowest BCUT2D eigenvalue weighted by Gasteiger charge is -2.11. The summed E-state index contributed by atoms with van der Waals surface area (Å²) in [4.78, 5) is 8.82. The van der Waals surface area contributed by atoms with Gasteiger partial charge in [0.1, 0.15) is 5.75 Å². The number of hydrogen-bond acceptors (Lipinski definition) is 3. The van der Waals surface area contributed by atoms with Crippen molar-refractivity contribution in [3.63, 3.8) is 0 Å². The molecule has 0 aliphatic rings. The van der Waals surface area contributed by atoms with E-state index >= 15 is 0 Å². The van der Waals surface area contributed by atoms with E-state index < -0.39 is 0 Å². The van der Waals surface area contributed by atoms with Crippen molar-refractivity contribution in [3.8, 4) is 5.75 Å². The molecule has 0 amide bonds. The molecule has 1 aromatic carbocycles. The van der Waals surface area contributed by atoms with Crippen molar-refractivity contribution in [2.45, 2.75) is 19.9 Å². The number of aromatic hydroxyl groups is 1. The zero-order valence-corrected chi connectivity index (χ0v) is 15.5. The SMILES string of the molecule is CCNC(=NCc1cccc(O)c1)NCCc1ccccn1.I. The second kappa shape index (κ2) is 10.8. The molecule has 0 saturated carbocycles. The summed E-state index contributed by atoms with van der Waals surface area (Å²) in [5.74, 6) is 1.03. The van der Waals surface area contributed by atoms with Gasteiger partial charge in [0.05, 0.1) is 6.54 Å². The molecule has 0 bridgehead atoms. The molecular weight excluding hydrogens is 403 g/mol. The van der Waals surface area contributed by atoms with Crippen LogP contribution in [0.2, 0.25) is 0 Å². The van der Waals surface area contributed by atoms with E-state index in [0.717, 1.165) is 36.7 Å². The second-order valence-electron chi connectivity index (χ2n) is 4.86. The fourth-order valence-electron chi connectivity index (χ4n) is 2.02. The number of nitrogens with zero attached hydrogens (tertiary/aromatic N) is 2. The van der Waals surface area contributed by atoms with Gasteiger partial charge < -0.3 is 15.7 Å². The molecule has 0 radical (unpaired) electrons. The van der Waals surface area contributed by atoms with Crippen molar-refractivity contribution < 1.29 is 5.11 Å². The van der Waals surface area contributed by atoms with E-state index in [1.807, 2.05) is 37.3 Å². The standard InChI is InChI=1S/C17H22N4O.HI/c1-2-18-17(20-11-9-15-7-3-4-10-19-15)21-13-14-6-5-8-16(22)12-14;/h3-8,10,12,22H,2,9,11,13H2,1H3,(H2,18,20,21);1H. The molecule has 0 saturated heterocycles. The van der Waals surface area contributed by atoms with Crippen LogP contribution < -0.4 is 10.6 Å². The summed E-state index contributed by atoms with van der Waals surface area (Å²) >= 11 is 0. The summed E-state index contributed by atoms with van der Waals surface area (Å²) in [6.07, 6.45) is 2.65. The van der Waals surface area contributed by atoms with E-state index in [1.165, 1.54) is 0 Å². The molecule has 124 valence electrons. The summed E-state index contributed by atoms with van der Waals surface area (Å²) in [5.41, 5.74) is 2.03. The Bertz CT molecular complexity index is 605. The highest BCUT2D eigenvalue weighted by Crippen LogP contribution is 2.11. The highest BCUT2D eigenvalue weighted by Gasteiger charge is 1.99. The molecule has 0 atom stereocenters. The van der Waals surface area contributed by atoms with E-state index in [4.69, 9.17) is 0 Å². The largest absolute Gasteiger partial charge is 0.508 e. The van der Waals surface area contributed by atoms with Crippen molar-refractivity contribution in [1.82, 2.24) is 15.6 Å². The van der Waals surface area contributed by atoms with Crippen molar-refractivity contribution in [2.24, 2.45) is 4.99 Å². The molecule has 0 aliphatic heterocycles. The number of aliphatic imine (C=N–C) groups is 1. The van der Waals surface area contributed by atoms with Crippen LogP contribution in [0.3, 0.4) is 0 Å². The number of phenols is 1. The minimum Gasteiger partial charge on any atom is -0.508 e. The number of aromatic nitrogens is 1. The second-order valence-corrected chi connectivity index (χ2v) is 4.86. The molecule has 2 aromatic rings. The first-order valence-corrected chi connectivity index (χ1v) is 7.48. The fourth-order valence-corrected chi connectivity index (χ4v) is 2.02. The van der Waals surface area contributed by atoms with Gasteiger partial charge in [-0.3, -0.25) is 4.98 Å². The molecule has 0 spiro atoms. The van der Waals surface area contributed by atoms with Crippen LogP contribution in [0.25, 0.3) is 0 Å². The Morgan fingerprint density at radius 2 is 2.04 bits per heavy atom. The van der Waals surface area contributed by atoms with E-state index in [-0.39, 0.29) is 29.7 Å². The number of pyridine rings is 1. The van der Waals surface area contributed by atoms with Crippen LogP contribution in [0.5, 0.6) is 5.75 Å². The first kappa shape index (κ1) is 19.2. The number of nitrogens with one attached hydrogen (secondary N) is 2. The maximum atomic E-state index is 9.46. The van der Waals surface area contributed by atoms with Crippen molar-refractivity contribution >= 4 is 29.9 Å². The zero-order chi connectivity index (χ0) is 15.6. The lowest BCUT2D eigenvalue weighted by Crippen LogP contribution is -2.38. The normalized spacial score (nSPS) is 10.7. The Morgan fingerprint density at radius 1 is 1.17 bits per heavy atom. The van der Waals surface area contributed by atoms with E-state index in [9.17, 15) is 5.11 Å². The predicted molar refractivity (Wildman–Crippen MR) is 104 cm³/mol. The molecule has 1 aromatic heterocycles. The van der Waals surface area contributed by atoms with E-state index in [0.29, 0.717) is 6.54 Å². The Morgan fingerprint density at radius 3 is 2.74 bits per heavy atom. The third-order valence-electron chi connectivity index (χ3n) is 3.07. The Balaban J connectivity index is 0.00000264. The van der Waals surface area contributed by atoms with Gasteiger partial charge in [-0.05, 0) is 36.8 Å². The maximum Gasteiger partial charge on any atom is 0.191 e. The highest BCUT2D eigenvalue weighted by molar-refractivity contribution is 14.0. The number of halogens is 1. The molecule has 0 aliphatic carbocycles. The average Bonchev–Trinajstić information content (AvgIpc) is 2.54. The molecule has 23 heavy (non-hydrogen) atoms. The van der Waals surface area contributed by atoms with Gasteiger partial charge in [-0.15, -0.1) is 24.0 Å². The first-order valence-electron chi connectivity index (χ1n) is 7.48. The fraction of sp³-hybridized carbons (Fsp3) is 0.294. The number of phenolic OH excluding ortho intramolecular Hbond substituents is 1. The van der Waals surface area contributed by atoms with Crippen LogP contribution in [-0.2, 0) is 13.0 Å². The van der Waals surface area contributed by atoms with Gasteiger partial charge in [-0.25, -0.2) is 4.99 Å². The minimum atomic E-state index is 0. The van der Waals surface area contributed by atoms with E-state index in [1.54, 1.807) is 18.3 Å². The monoisotopic (exact) mass is 426 g/mol. The molecule has 3 N–H and O–H groups in total. The van der Waals surface area contributed by atoms with Crippen LogP contribution in [0.15, 0.2) is 53.7 Å². The Kier molecular flexibility index (Phi) is 9.04. The van der Waals surface area contributed by atoms with Gasteiger partial charge in [0.2, 0.25) is 0 Å². The summed E-state index contributed by atoms with van der Waals surface area (Å²) in [6.45, 7) is 4.12. The van der Waals surface area contributed by atoms with Gasteiger partial charge in [-0.2, -0.15) is 0 Å². The molecular formula is C17H23IN4O. The zero-order valence-electron chi connectivity index (χ0n) is 13.2. The molecule has 1 heterocycles. The maximum absolute atomic E-state index is 9.46. The van der Waals surface area contributed by atoms with Gasteiger partial charge >= 0.3 is 0 Å². The van der Waals surface area contributed by atoms with Crippen LogP contribution in [-0.4, -0.2) is 29.1 Å². The van der Waals surface area contributed by atoms with Gasteiger partial charge in [0.15, 0.2) is 5.96 Å². The van der Waals surface area contributed by atoms with E-state index in [2.05, 4.69) is 20.6 Å². The average molecular weight is 426 g/mol. The van der Waals surface area contributed by atoms with Crippen LogP contribution in [0.4, 0.5) is 0 Å². The highest BCUT2D eigenvalue weighted by atomic mass is 127. The van der Waals surface area contributed by atoms with Crippen LogP contribution >= 0.6 is 24.0 Å². The topological polar surface area (TPSA) is 69.5 Å².